The predicted molar refractivity (Wildman–Crippen MR) is 124 cm³/mol. The number of hydrogen-bond acceptors (Lipinski definition) is 7. The van der Waals surface area contributed by atoms with Crippen LogP contribution in [0, 0.1) is 11.8 Å². The van der Waals surface area contributed by atoms with Gasteiger partial charge in [0.1, 0.15) is 6.04 Å². The third-order valence-corrected chi connectivity index (χ3v) is 5.20. The molecule has 1 aliphatic heterocycles. The van der Waals surface area contributed by atoms with Gasteiger partial charge in [-0.05, 0) is 43.7 Å². The molecule has 10 nitrogen and oxygen atoms in total. The maximum Gasteiger partial charge on any atom is 0.535 e. The van der Waals surface area contributed by atoms with Gasteiger partial charge in [0.15, 0.2) is 5.84 Å². The molecule has 1 aromatic rings. The van der Waals surface area contributed by atoms with E-state index >= 15 is 0 Å². The van der Waals surface area contributed by atoms with Crippen molar-refractivity contribution in [3.05, 3.63) is 35.4 Å². The second kappa shape index (κ2) is 12.8. The number of nitrogens with two attached hydrogens (primary N) is 1. The Morgan fingerprint density at radius 2 is 1.91 bits per heavy atom. The van der Waals surface area contributed by atoms with Gasteiger partial charge in [0.2, 0.25) is 11.8 Å². The highest BCUT2D eigenvalue weighted by molar-refractivity contribution is 5.97. The Kier molecular flexibility index (Phi) is 10.1. The maximum absolute atomic E-state index is 12.4. The van der Waals surface area contributed by atoms with Crippen molar-refractivity contribution < 1.29 is 24.0 Å². The minimum atomic E-state index is -0.916. The number of nitrogens with zero attached hydrogens (tertiary/aromatic N) is 1. The van der Waals surface area contributed by atoms with Crippen LogP contribution in [0.15, 0.2) is 29.4 Å². The summed E-state index contributed by atoms with van der Waals surface area (Å²) in [6, 6.07) is 6.03. The highest BCUT2D eigenvalue weighted by Gasteiger charge is 2.26. The fraction of sp³-hybridized carbons (Fsp3) is 0.565. The van der Waals surface area contributed by atoms with Gasteiger partial charge in [-0.25, -0.2) is 4.79 Å². The van der Waals surface area contributed by atoms with Gasteiger partial charge < -0.3 is 26.4 Å². The first kappa shape index (κ1) is 26.1. The molecular weight excluding hydrogens is 426 g/mol. The Morgan fingerprint density at radius 3 is 2.55 bits per heavy atom. The van der Waals surface area contributed by atoms with Gasteiger partial charge in [0.05, 0.1) is 12.6 Å². The van der Waals surface area contributed by atoms with Crippen LogP contribution in [-0.4, -0.2) is 49.0 Å². The molecule has 1 heterocycles. The molecule has 0 aliphatic carbocycles. The van der Waals surface area contributed by atoms with Gasteiger partial charge in [0.25, 0.3) is 0 Å². The Hall–Kier alpha value is -3.14. The summed E-state index contributed by atoms with van der Waals surface area (Å²) in [5.74, 6) is 0.265. The van der Waals surface area contributed by atoms with E-state index in [1.165, 1.54) is 0 Å². The highest BCUT2D eigenvalue weighted by atomic mass is 16.8. The van der Waals surface area contributed by atoms with Crippen molar-refractivity contribution >= 4 is 23.8 Å². The second-order valence-electron chi connectivity index (χ2n) is 8.80. The molecule has 2 rings (SSSR count). The Morgan fingerprint density at radius 1 is 1.21 bits per heavy atom. The molecule has 0 aromatic heterocycles. The monoisotopic (exact) mass is 461 g/mol. The standard InChI is InChI=1S/C23H35N5O5/c1-14(2)13-32-23(31)33-28-20(24)18-7-5-17(6-8-18)12-26-21(29)16(4)27-22(30)19-11-15(3)9-10-25-19/h5-8,14-16,19,25H,9-13H2,1-4H3,(H2,24,28)(H,26,29)(H,27,30)/t15-,16-,19+/m0/s1. The largest absolute Gasteiger partial charge is 0.535 e. The van der Waals surface area contributed by atoms with Gasteiger partial charge in [0, 0.05) is 12.1 Å². The van der Waals surface area contributed by atoms with E-state index < -0.39 is 12.2 Å². The first-order valence-corrected chi connectivity index (χ1v) is 11.2. The van der Waals surface area contributed by atoms with Crippen LogP contribution < -0.4 is 21.7 Å². The van der Waals surface area contributed by atoms with Crippen LogP contribution in [0.25, 0.3) is 0 Å². The van der Waals surface area contributed by atoms with Crippen LogP contribution in [0.5, 0.6) is 0 Å². The topological polar surface area (TPSA) is 144 Å². The fourth-order valence-corrected chi connectivity index (χ4v) is 3.22. The lowest BCUT2D eigenvalue weighted by molar-refractivity contribution is -0.130. The Labute approximate surface area is 194 Å². The zero-order chi connectivity index (χ0) is 24.4. The van der Waals surface area contributed by atoms with Crippen LogP contribution in [0.4, 0.5) is 4.79 Å². The fourth-order valence-electron chi connectivity index (χ4n) is 3.22. The molecule has 182 valence electrons. The van der Waals surface area contributed by atoms with Crippen molar-refractivity contribution in [2.75, 3.05) is 13.2 Å². The number of nitrogens with one attached hydrogen (secondary N) is 3. The minimum absolute atomic E-state index is 0.0223. The number of amidine groups is 1. The molecule has 0 unspecified atom stereocenters. The van der Waals surface area contributed by atoms with Crippen LogP contribution >= 0.6 is 0 Å². The first-order valence-electron chi connectivity index (χ1n) is 11.2. The molecule has 0 saturated carbocycles. The van der Waals surface area contributed by atoms with Crippen LogP contribution in [0.2, 0.25) is 0 Å². The number of piperidine rings is 1. The summed E-state index contributed by atoms with van der Waals surface area (Å²) in [6.07, 6.45) is 0.901. The molecule has 33 heavy (non-hydrogen) atoms. The van der Waals surface area contributed by atoms with Crippen molar-refractivity contribution in [2.45, 2.75) is 59.2 Å². The molecular formula is C23H35N5O5. The number of carbonyl (C=O) groups excluding carboxylic acids is 3. The van der Waals surface area contributed by atoms with Crippen molar-refractivity contribution in [3.8, 4) is 0 Å². The third kappa shape index (κ3) is 9.09. The molecule has 5 N–H and O–H groups in total. The number of oxime groups is 1. The number of benzene rings is 1. The molecule has 1 aliphatic rings. The molecule has 0 spiro atoms. The average Bonchev–Trinajstić information content (AvgIpc) is 2.79. The SMILES string of the molecule is CC(C)COC(=O)O/N=C(\N)c1ccc(CNC(=O)[C@H](C)NC(=O)[C@H]2C[C@@H](C)CCN2)cc1. The van der Waals surface area contributed by atoms with E-state index in [0.29, 0.717) is 11.5 Å². The first-order chi connectivity index (χ1) is 15.7. The summed E-state index contributed by atoms with van der Waals surface area (Å²) in [7, 11) is 0. The summed E-state index contributed by atoms with van der Waals surface area (Å²) in [5, 5.41) is 12.3. The molecule has 1 saturated heterocycles. The van der Waals surface area contributed by atoms with Crippen molar-refractivity contribution in [1.29, 1.82) is 0 Å². The van der Waals surface area contributed by atoms with Crippen LogP contribution in [0.3, 0.4) is 0 Å². The normalized spacial score (nSPS) is 19.5. The van der Waals surface area contributed by atoms with E-state index in [9.17, 15) is 14.4 Å². The van der Waals surface area contributed by atoms with E-state index in [4.69, 9.17) is 10.5 Å². The summed E-state index contributed by atoms with van der Waals surface area (Å²) in [4.78, 5) is 40.8. The van der Waals surface area contributed by atoms with Crippen molar-refractivity contribution in [2.24, 2.45) is 22.7 Å². The quantitative estimate of drug-likeness (QED) is 0.144. The summed E-state index contributed by atoms with van der Waals surface area (Å²) in [6.45, 7) is 8.91. The lowest BCUT2D eigenvalue weighted by Gasteiger charge is -2.28. The van der Waals surface area contributed by atoms with Gasteiger partial charge in [-0.15, -0.1) is 0 Å². The number of amides is 2. The molecule has 0 bridgehead atoms. The van der Waals surface area contributed by atoms with Gasteiger partial charge in [-0.2, -0.15) is 0 Å². The van der Waals surface area contributed by atoms with Gasteiger partial charge >= 0.3 is 6.16 Å². The predicted octanol–water partition coefficient (Wildman–Crippen LogP) is 1.63. The van der Waals surface area contributed by atoms with Crippen molar-refractivity contribution in [1.82, 2.24) is 16.0 Å². The van der Waals surface area contributed by atoms with E-state index in [2.05, 4.69) is 32.9 Å². The Bertz CT molecular complexity index is 840. The molecule has 10 heteroatoms. The number of carbonyl (C=O) groups is 3. The summed E-state index contributed by atoms with van der Waals surface area (Å²) < 4.78 is 4.85. The molecule has 2 amide bonds. The molecule has 3 atom stereocenters. The molecule has 1 fully saturated rings. The summed E-state index contributed by atoms with van der Waals surface area (Å²) in [5.41, 5.74) is 7.21. The minimum Gasteiger partial charge on any atom is -0.432 e. The number of hydrogen-bond donors (Lipinski definition) is 4. The average molecular weight is 462 g/mol. The van der Waals surface area contributed by atoms with E-state index in [1.54, 1.807) is 31.2 Å². The smallest absolute Gasteiger partial charge is 0.432 e. The lowest BCUT2D eigenvalue weighted by atomic mass is 9.94. The number of ether oxygens (including phenoxy) is 1. The number of rotatable bonds is 9. The van der Waals surface area contributed by atoms with Crippen molar-refractivity contribution in [3.63, 3.8) is 0 Å². The van der Waals surface area contributed by atoms with Crippen LogP contribution in [-0.2, 0) is 25.7 Å². The zero-order valence-electron chi connectivity index (χ0n) is 19.7. The summed E-state index contributed by atoms with van der Waals surface area (Å²) >= 11 is 0. The van der Waals surface area contributed by atoms with E-state index in [-0.39, 0.29) is 42.8 Å². The molecule has 0 radical (unpaired) electrons. The third-order valence-electron chi connectivity index (χ3n) is 5.20. The maximum atomic E-state index is 12.4. The van der Waals surface area contributed by atoms with E-state index in [0.717, 1.165) is 24.9 Å². The van der Waals surface area contributed by atoms with Gasteiger partial charge in [-0.3, -0.25) is 14.4 Å². The molecule has 1 aromatic carbocycles. The van der Waals surface area contributed by atoms with E-state index in [1.807, 2.05) is 13.8 Å². The highest BCUT2D eigenvalue weighted by Crippen LogP contribution is 2.15. The van der Waals surface area contributed by atoms with Gasteiger partial charge in [-0.1, -0.05) is 50.2 Å². The second-order valence-corrected chi connectivity index (χ2v) is 8.80. The van der Waals surface area contributed by atoms with Crippen LogP contribution in [0.1, 0.15) is 51.7 Å². The zero-order valence-corrected chi connectivity index (χ0v) is 19.7. The Balaban J connectivity index is 1.78. The lowest BCUT2D eigenvalue weighted by Crippen LogP contribution is -2.53.